The first-order valence-electron chi connectivity index (χ1n) is 1.82. The zero-order valence-corrected chi connectivity index (χ0v) is 4.18. The van der Waals surface area contributed by atoms with Gasteiger partial charge in [-0.05, 0) is 21.0 Å². The SMILES string of the molecule is [CH2][C@H](O)N(C)C. The standard InChI is InChI=1S/C4H10NO/c1-4(6)5(2)3/h4,6H,1H2,2-3H3/t4-/m0/s1. The lowest BCUT2D eigenvalue weighted by atomic mass is 10.6. The van der Waals surface area contributed by atoms with Crippen LogP contribution >= 0.6 is 0 Å². The Bertz CT molecular complexity index is 28.5. The number of hydrogen-bond donors (Lipinski definition) is 1. The van der Waals surface area contributed by atoms with E-state index in [0.717, 1.165) is 0 Å². The highest BCUT2D eigenvalue weighted by atomic mass is 16.3. The van der Waals surface area contributed by atoms with Gasteiger partial charge in [-0.3, -0.25) is 4.90 Å². The van der Waals surface area contributed by atoms with Gasteiger partial charge >= 0.3 is 0 Å². The van der Waals surface area contributed by atoms with Gasteiger partial charge in [0.25, 0.3) is 0 Å². The molecule has 1 radical (unpaired) electrons. The maximum absolute atomic E-state index is 8.44. The van der Waals surface area contributed by atoms with Gasteiger partial charge in [-0.15, -0.1) is 0 Å². The summed E-state index contributed by atoms with van der Waals surface area (Å²) in [4.78, 5) is 1.61. The number of rotatable bonds is 1. The van der Waals surface area contributed by atoms with E-state index >= 15 is 0 Å². The second-order valence-corrected chi connectivity index (χ2v) is 1.44. The van der Waals surface area contributed by atoms with Crippen LogP contribution in [0.5, 0.6) is 0 Å². The van der Waals surface area contributed by atoms with Gasteiger partial charge in [0.2, 0.25) is 0 Å². The minimum absolute atomic E-state index is 0.565. The van der Waals surface area contributed by atoms with Crippen LogP contribution in [-0.2, 0) is 0 Å². The summed E-state index contributed by atoms with van der Waals surface area (Å²) in [5, 5.41) is 8.44. The summed E-state index contributed by atoms with van der Waals surface area (Å²) in [6.07, 6.45) is -0.565. The number of aliphatic hydroxyl groups excluding tert-OH is 1. The van der Waals surface area contributed by atoms with Crippen LogP contribution in [0.25, 0.3) is 0 Å². The molecule has 2 nitrogen and oxygen atoms in total. The van der Waals surface area contributed by atoms with Gasteiger partial charge in [-0.2, -0.15) is 0 Å². The van der Waals surface area contributed by atoms with E-state index in [1.807, 2.05) is 0 Å². The molecular weight excluding hydrogens is 78.0 g/mol. The molecule has 1 N–H and O–H groups in total. The molecule has 1 atom stereocenters. The molecule has 0 rings (SSSR count). The fraction of sp³-hybridized carbons (Fsp3) is 0.750. The molecule has 0 heterocycles. The molecule has 0 bridgehead atoms. The molecule has 0 spiro atoms. The molecule has 0 aliphatic carbocycles. The highest BCUT2D eigenvalue weighted by Gasteiger charge is 1.92. The first-order valence-corrected chi connectivity index (χ1v) is 1.82. The predicted octanol–water partition coefficient (Wildman–Crippen LogP) is -0.300. The van der Waals surface area contributed by atoms with Gasteiger partial charge in [0, 0.05) is 0 Å². The summed E-state index contributed by atoms with van der Waals surface area (Å²) >= 11 is 0. The average molecular weight is 88.1 g/mol. The molecular formula is C4H10NO. The average Bonchev–Trinajstić information content (AvgIpc) is 1.36. The van der Waals surface area contributed by atoms with Crippen molar-refractivity contribution in [2.45, 2.75) is 6.23 Å². The Morgan fingerprint density at radius 1 is 1.67 bits per heavy atom. The third-order valence-electron chi connectivity index (χ3n) is 0.596. The van der Waals surface area contributed by atoms with E-state index < -0.39 is 6.23 Å². The van der Waals surface area contributed by atoms with Crippen molar-refractivity contribution < 1.29 is 5.11 Å². The van der Waals surface area contributed by atoms with Crippen LogP contribution in [0, 0.1) is 6.92 Å². The highest BCUT2D eigenvalue weighted by Crippen LogP contribution is 1.78. The normalized spacial score (nSPS) is 15.5. The summed E-state index contributed by atoms with van der Waals surface area (Å²) in [7, 11) is 3.52. The Kier molecular flexibility index (Phi) is 2.13. The summed E-state index contributed by atoms with van der Waals surface area (Å²) < 4.78 is 0. The van der Waals surface area contributed by atoms with Crippen molar-refractivity contribution in [1.82, 2.24) is 4.90 Å². The monoisotopic (exact) mass is 88.1 g/mol. The van der Waals surface area contributed by atoms with Crippen molar-refractivity contribution in [3.8, 4) is 0 Å². The molecule has 0 aromatic carbocycles. The Labute approximate surface area is 38.4 Å². The number of hydrogen-bond acceptors (Lipinski definition) is 2. The second kappa shape index (κ2) is 2.16. The van der Waals surface area contributed by atoms with E-state index in [-0.39, 0.29) is 0 Å². The molecule has 0 amide bonds. The summed E-state index contributed by atoms with van der Waals surface area (Å²) in [5.41, 5.74) is 0. The molecule has 0 aromatic heterocycles. The highest BCUT2D eigenvalue weighted by molar-refractivity contribution is 4.49. The van der Waals surface area contributed by atoms with Gasteiger partial charge in [0.15, 0.2) is 0 Å². The molecule has 2 heteroatoms. The zero-order valence-electron chi connectivity index (χ0n) is 4.18. The van der Waals surface area contributed by atoms with E-state index in [4.69, 9.17) is 5.11 Å². The second-order valence-electron chi connectivity index (χ2n) is 1.44. The van der Waals surface area contributed by atoms with Gasteiger partial charge in [0.1, 0.15) is 6.23 Å². The van der Waals surface area contributed by atoms with Gasteiger partial charge in [-0.25, -0.2) is 0 Å². The smallest absolute Gasteiger partial charge is 0.107 e. The van der Waals surface area contributed by atoms with Crippen LogP contribution in [-0.4, -0.2) is 30.3 Å². The van der Waals surface area contributed by atoms with E-state index in [9.17, 15) is 0 Å². The lowest BCUT2D eigenvalue weighted by Gasteiger charge is -2.10. The van der Waals surface area contributed by atoms with E-state index in [1.54, 1.807) is 19.0 Å². The van der Waals surface area contributed by atoms with Crippen molar-refractivity contribution in [3.63, 3.8) is 0 Å². The van der Waals surface area contributed by atoms with Crippen LogP contribution in [0.1, 0.15) is 0 Å². The molecule has 0 saturated carbocycles. The maximum atomic E-state index is 8.44. The molecule has 0 aliphatic rings. The minimum atomic E-state index is -0.565. The summed E-state index contributed by atoms with van der Waals surface area (Å²) in [6.45, 7) is 3.32. The quantitative estimate of drug-likeness (QED) is 0.445. The minimum Gasteiger partial charge on any atom is -0.378 e. The van der Waals surface area contributed by atoms with Crippen molar-refractivity contribution in [3.05, 3.63) is 6.92 Å². The predicted molar refractivity (Wildman–Crippen MR) is 25.1 cm³/mol. The van der Waals surface area contributed by atoms with Crippen LogP contribution in [0.15, 0.2) is 0 Å². The van der Waals surface area contributed by atoms with Crippen LogP contribution < -0.4 is 0 Å². The molecule has 0 aliphatic heterocycles. The van der Waals surface area contributed by atoms with Crippen molar-refractivity contribution in [2.24, 2.45) is 0 Å². The fourth-order valence-electron chi connectivity index (χ4n) is 0. The zero-order chi connectivity index (χ0) is 5.15. The van der Waals surface area contributed by atoms with E-state index in [2.05, 4.69) is 6.92 Å². The summed E-state index contributed by atoms with van der Waals surface area (Å²) in [6, 6.07) is 0. The Morgan fingerprint density at radius 2 is 1.83 bits per heavy atom. The maximum Gasteiger partial charge on any atom is 0.107 e. The molecule has 0 unspecified atom stereocenters. The molecule has 0 aromatic rings. The van der Waals surface area contributed by atoms with Crippen molar-refractivity contribution in [2.75, 3.05) is 14.1 Å². The first kappa shape index (κ1) is 5.92. The van der Waals surface area contributed by atoms with Gasteiger partial charge < -0.3 is 5.11 Å². The number of aliphatic hydroxyl groups is 1. The molecule has 0 saturated heterocycles. The molecule has 0 fully saturated rings. The topological polar surface area (TPSA) is 23.5 Å². The van der Waals surface area contributed by atoms with E-state index in [0.29, 0.717) is 0 Å². The van der Waals surface area contributed by atoms with Crippen molar-refractivity contribution >= 4 is 0 Å². The Hall–Kier alpha value is -0.0800. The van der Waals surface area contributed by atoms with Gasteiger partial charge in [0.05, 0.1) is 0 Å². The van der Waals surface area contributed by atoms with Crippen LogP contribution in [0.2, 0.25) is 0 Å². The first-order chi connectivity index (χ1) is 2.64. The van der Waals surface area contributed by atoms with Gasteiger partial charge in [-0.1, -0.05) is 0 Å². The lowest BCUT2D eigenvalue weighted by molar-refractivity contribution is 0.0811. The van der Waals surface area contributed by atoms with Crippen LogP contribution in [0.3, 0.4) is 0 Å². The molecule has 37 valence electrons. The fourth-order valence-corrected chi connectivity index (χ4v) is 0. The number of nitrogens with zero attached hydrogens (tertiary/aromatic N) is 1. The van der Waals surface area contributed by atoms with Crippen LogP contribution in [0.4, 0.5) is 0 Å². The molecule has 6 heavy (non-hydrogen) atoms. The third kappa shape index (κ3) is 2.18. The Balaban J connectivity index is 2.99. The van der Waals surface area contributed by atoms with E-state index in [1.165, 1.54) is 0 Å². The third-order valence-corrected chi connectivity index (χ3v) is 0.596. The van der Waals surface area contributed by atoms with Crippen molar-refractivity contribution in [1.29, 1.82) is 0 Å². The Morgan fingerprint density at radius 3 is 1.83 bits per heavy atom. The largest absolute Gasteiger partial charge is 0.378 e. The summed E-state index contributed by atoms with van der Waals surface area (Å²) in [5.74, 6) is 0. The lowest BCUT2D eigenvalue weighted by Crippen LogP contribution is -2.23.